The van der Waals surface area contributed by atoms with Crippen LogP contribution < -0.4 is 0 Å². The lowest BCUT2D eigenvalue weighted by Gasteiger charge is -2.27. The Morgan fingerprint density at radius 3 is 2.12 bits per heavy atom. The number of hydrogen-bond donors (Lipinski definition) is 1. The van der Waals surface area contributed by atoms with Gasteiger partial charge in [-0.25, -0.2) is 0 Å². The minimum absolute atomic E-state index is 0.335. The highest BCUT2D eigenvalue weighted by molar-refractivity contribution is 5.81. The van der Waals surface area contributed by atoms with Crippen molar-refractivity contribution in [3.05, 3.63) is 35.9 Å². The number of ether oxygens (including phenoxy) is 1. The Balaban J connectivity index is 2.97. The Hall–Kier alpha value is -1.84. The van der Waals surface area contributed by atoms with Crippen LogP contribution in [0.15, 0.2) is 30.3 Å². The number of rotatable bonds is 9. The van der Waals surface area contributed by atoms with E-state index in [1.165, 1.54) is 0 Å². The summed E-state index contributed by atoms with van der Waals surface area (Å²) in [7, 11) is 0. The van der Waals surface area contributed by atoms with E-state index in [9.17, 15) is 14.7 Å². The number of carbonyl (C=O) groups is 2. The lowest BCUT2D eigenvalue weighted by atomic mass is 9.83. The largest absolute Gasteiger partial charge is 0.481 e. The predicted octanol–water partition coefficient (Wildman–Crippen LogP) is 4.71. The molecule has 4 nitrogen and oxygen atoms in total. The maximum Gasteiger partial charge on any atom is 0.310 e. The summed E-state index contributed by atoms with van der Waals surface area (Å²) in [5, 5.41) is 9.75. The highest BCUT2D eigenvalue weighted by Crippen LogP contribution is 2.27. The summed E-state index contributed by atoms with van der Waals surface area (Å²) in [5.74, 6) is -2.22. The summed E-state index contributed by atoms with van der Waals surface area (Å²) in [6, 6.07) is 9.46. The molecule has 0 saturated heterocycles. The smallest absolute Gasteiger partial charge is 0.310 e. The number of benzene rings is 1. The first kappa shape index (κ1) is 21.2. The van der Waals surface area contributed by atoms with Crippen molar-refractivity contribution in [1.82, 2.24) is 0 Å². The second-order valence-electron chi connectivity index (χ2n) is 8.10. The lowest BCUT2D eigenvalue weighted by Crippen LogP contribution is -2.36. The zero-order chi connectivity index (χ0) is 19.0. The minimum Gasteiger partial charge on any atom is -0.481 e. The molecular weight excluding hydrogens is 316 g/mol. The standard InChI is InChI=1S/C21H32O4/c1-15(2)10-9-13-17(20(24)25-21(3,4)5)18(19(22)23)14-16-11-7-6-8-12-16/h6-8,11-12,15,17-18H,9-10,13-14H2,1-5H3,(H,22,23)/t17?,18-/m0/s1. The van der Waals surface area contributed by atoms with Crippen molar-refractivity contribution in [2.24, 2.45) is 17.8 Å². The van der Waals surface area contributed by atoms with Crippen molar-refractivity contribution in [3.63, 3.8) is 0 Å². The van der Waals surface area contributed by atoms with Gasteiger partial charge < -0.3 is 9.84 Å². The molecule has 0 heterocycles. The predicted molar refractivity (Wildman–Crippen MR) is 99.3 cm³/mol. The van der Waals surface area contributed by atoms with Crippen LogP contribution in [-0.2, 0) is 20.7 Å². The first-order valence-corrected chi connectivity index (χ1v) is 9.09. The summed E-state index contributed by atoms with van der Waals surface area (Å²) in [6.07, 6.45) is 2.66. The molecule has 140 valence electrons. The van der Waals surface area contributed by atoms with Crippen LogP contribution in [0.3, 0.4) is 0 Å². The molecule has 0 aliphatic heterocycles. The van der Waals surface area contributed by atoms with E-state index in [0.29, 0.717) is 18.8 Å². The van der Waals surface area contributed by atoms with Crippen molar-refractivity contribution in [2.75, 3.05) is 0 Å². The van der Waals surface area contributed by atoms with Gasteiger partial charge in [-0.15, -0.1) is 0 Å². The van der Waals surface area contributed by atoms with Crippen LogP contribution in [0.4, 0.5) is 0 Å². The minimum atomic E-state index is -0.941. The average molecular weight is 348 g/mol. The van der Waals surface area contributed by atoms with Gasteiger partial charge in [-0.2, -0.15) is 0 Å². The molecule has 1 aromatic rings. The molecule has 1 N–H and O–H groups in total. The van der Waals surface area contributed by atoms with Crippen LogP contribution in [0.5, 0.6) is 0 Å². The zero-order valence-corrected chi connectivity index (χ0v) is 16.1. The monoisotopic (exact) mass is 348 g/mol. The number of carbonyl (C=O) groups excluding carboxylic acids is 1. The first-order valence-electron chi connectivity index (χ1n) is 9.09. The van der Waals surface area contributed by atoms with Gasteiger partial charge in [0.25, 0.3) is 0 Å². The molecule has 1 aromatic carbocycles. The van der Waals surface area contributed by atoms with E-state index >= 15 is 0 Å². The highest BCUT2D eigenvalue weighted by atomic mass is 16.6. The molecule has 0 amide bonds. The highest BCUT2D eigenvalue weighted by Gasteiger charge is 2.36. The van der Waals surface area contributed by atoms with E-state index in [1.54, 1.807) is 0 Å². The molecule has 1 unspecified atom stereocenters. The van der Waals surface area contributed by atoms with Gasteiger partial charge in [0.1, 0.15) is 5.60 Å². The third-order valence-corrected chi connectivity index (χ3v) is 4.11. The molecule has 2 atom stereocenters. The van der Waals surface area contributed by atoms with Crippen molar-refractivity contribution in [3.8, 4) is 0 Å². The van der Waals surface area contributed by atoms with E-state index in [4.69, 9.17) is 4.74 Å². The Bertz CT molecular complexity index is 543. The van der Waals surface area contributed by atoms with Gasteiger partial charge in [-0.1, -0.05) is 57.0 Å². The van der Waals surface area contributed by atoms with Crippen molar-refractivity contribution >= 4 is 11.9 Å². The van der Waals surface area contributed by atoms with Crippen LogP contribution >= 0.6 is 0 Å². The summed E-state index contributed by atoms with van der Waals surface area (Å²) >= 11 is 0. The lowest BCUT2D eigenvalue weighted by molar-refractivity contribution is -0.167. The Labute approximate surface area is 151 Å². The van der Waals surface area contributed by atoms with Crippen LogP contribution in [-0.4, -0.2) is 22.6 Å². The van der Waals surface area contributed by atoms with E-state index < -0.39 is 29.4 Å². The van der Waals surface area contributed by atoms with Gasteiger partial charge in [0, 0.05) is 0 Å². The van der Waals surface area contributed by atoms with Gasteiger partial charge in [0.2, 0.25) is 0 Å². The molecule has 0 fully saturated rings. The number of esters is 1. The molecule has 0 aromatic heterocycles. The number of hydrogen-bond acceptors (Lipinski definition) is 3. The fourth-order valence-corrected chi connectivity index (χ4v) is 2.88. The van der Waals surface area contributed by atoms with Gasteiger partial charge >= 0.3 is 11.9 Å². The van der Waals surface area contributed by atoms with Crippen molar-refractivity contribution < 1.29 is 19.4 Å². The van der Waals surface area contributed by atoms with Gasteiger partial charge in [-0.3, -0.25) is 9.59 Å². The Morgan fingerprint density at radius 2 is 1.64 bits per heavy atom. The average Bonchev–Trinajstić information content (AvgIpc) is 2.48. The normalized spacial score (nSPS) is 14.2. The Kier molecular flexibility index (Phi) is 8.14. The summed E-state index contributed by atoms with van der Waals surface area (Å²) < 4.78 is 5.52. The number of carboxylic acids is 1. The molecule has 0 bridgehead atoms. The molecule has 0 aliphatic rings. The van der Waals surface area contributed by atoms with E-state index in [2.05, 4.69) is 13.8 Å². The molecule has 0 spiro atoms. The molecule has 0 aliphatic carbocycles. The van der Waals surface area contributed by atoms with Crippen molar-refractivity contribution in [2.45, 2.75) is 65.9 Å². The van der Waals surface area contributed by atoms with E-state index in [1.807, 2.05) is 51.1 Å². The SMILES string of the molecule is CC(C)CCCC(C(=O)OC(C)(C)C)[C@H](Cc1ccccc1)C(=O)O. The first-order chi connectivity index (χ1) is 11.6. The molecule has 25 heavy (non-hydrogen) atoms. The molecule has 1 rings (SSSR count). The second-order valence-corrected chi connectivity index (χ2v) is 8.10. The van der Waals surface area contributed by atoms with Gasteiger partial charge in [0.15, 0.2) is 0 Å². The molecule has 4 heteroatoms. The van der Waals surface area contributed by atoms with Crippen LogP contribution in [0.1, 0.15) is 59.4 Å². The summed E-state index contributed by atoms with van der Waals surface area (Å²) in [6.45, 7) is 9.68. The van der Waals surface area contributed by atoms with Crippen LogP contribution in [0.25, 0.3) is 0 Å². The summed E-state index contributed by atoms with van der Waals surface area (Å²) in [4.78, 5) is 24.6. The molecule has 0 radical (unpaired) electrons. The third kappa shape index (κ3) is 8.19. The molecular formula is C21H32O4. The maximum atomic E-state index is 12.7. The van der Waals surface area contributed by atoms with Gasteiger partial charge in [0.05, 0.1) is 11.8 Å². The van der Waals surface area contributed by atoms with Gasteiger partial charge in [-0.05, 0) is 45.1 Å². The van der Waals surface area contributed by atoms with Crippen LogP contribution in [0.2, 0.25) is 0 Å². The number of aliphatic carboxylic acids is 1. The van der Waals surface area contributed by atoms with Crippen LogP contribution in [0, 0.1) is 17.8 Å². The third-order valence-electron chi connectivity index (χ3n) is 4.11. The number of carboxylic acid groups (broad SMARTS) is 1. The fraction of sp³-hybridized carbons (Fsp3) is 0.619. The maximum absolute atomic E-state index is 12.7. The summed E-state index contributed by atoms with van der Waals surface area (Å²) in [5.41, 5.74) is 0.302. The molecule has 0 saturated carbocycles. The quantitative estimate of drug-likeness (QED) is 0.656. The van der Waals surface area contributed by atoms with E-state index in [0.717, 1.165) is 18.4 Å². The second kappa shape index (κ2) is 9.59. The topological polar surface area (TPSA) is 63.6 Å². The van der Waals surface area contributed by atoms with E-state index in [-0.39, 0.29) is 0 Å². The Morgan fingerprint density at radius 1 is 1.04 bits per heavy atom. The van der Waals surface area contributed by atoms with Crippen molar-refractivity contribution in [1.29, 1.82) is 0 Å². The fourth-order valence-electron chi connectivity index (χ4n) is 2.88. The zero-order valence-electron chi connectivity index (χ0n) is 16.1.